The Morgan fingerprint density at radius 3 is 3.17 bits per heavy atom. The third-order valence-electron chi connectivity index (χ3n) is 4.68. The number of fused-ring (bicyclic) bond motifs is 1. The van der Waals surface area contributed by atoms with Gasteiger partial charge in [0.25, 0.3) is 5.91 Å². The molecule has 122 valence electrons. The molecule has 7 nitrogen and oxygen atoms in total. The van der Waals surface area contributed by atoms with E-state index in [4.69, 9.17) is 9.26 Å². The van der Waals surface area contributed by atoms with Crippen LogP contribution in [-0.2, 0) is 24.0 Å². The SMILES string of the molecule is Cc1cc(CC2COCC2NC(=O)c2n[nH]c3c2CCC3)on1. The van der Waals surface area contributed by atoms with Gasteiger partial charge in [-0.05, 0) is 26.2 Å². The summed E-state index contributed by atoms with van der Waals surface area (Å²) in [4.78, 5) is 12.5. The van der Waals surface area contributed by atoms with Gasteiger partial charge in [-0.25, -0.2) is 0 Å². The first kappa shape index (κ1) is 14.4. The maximum Gasteiger partial charge on any atom is 0.272 e. The number of amides is 1. The highest BCUT2D eigenvalue weighted by molar-refractivity contribution is 5.94. The summed E-state index contributed by atoms with van der Waals surface area (Å²) in [5.74, 6) is 0.912. The highest BCUT2D eigenvalue weighted by atomic mass is 16.5. The number of ether oxygens (including phenoxy) is 1. The Labute approximate surface area is 133 Å². The zero-order chi connectivity index (χ0) is 15.8. The van der Waals surface area contributed by atoms with E-state index in [1.54, 1.807) is 0 Å². The van der Waals surface area contributed by atoms with Gasteiger partial charge in [-0.1, -0.05) is 5.16 Å². The average Bonchev–Trinajstić information content (AvgIpc) is 3.25. The second-order valence-electron chi connectivity index (χ2n) is 6.40. The number of carbonyl (C=O) groups excluding carboxylic acids is 1. The molecule has 2 aromatic heterocycles. The molecule has 1 saturated heterocycles. The minimum atomic E-state index is -0.112. The third kappa shape index (κ3) is 2.76. The topological polar surface area (TPSA) is 93.0 Å². The standard InChI is InChI=1S/C16H20N4O3/c1-9-5-11(23-20-9)6-10-7-22-8-14(10)17-16(21)15-12-3-2-4-13(12)18-19-15/h5,10,14H,2-4,6-8H2,1H3,(H,17,21)(H,18,19). The van der Waals surface area contributed by atoms with Gasteiger partial charge in [0.15, 0.2) is 5.69 Å². The van der Waals surface area contributed by atoms with Crippen molar-refractivity contribution in [3.63, 3.8) is 0 Å². The summed E-state index contributed by atoms with van der Waals surface area (Å²) < 4.78 is 10.8. The van der Waals surface area contributed by atoms with Crippen LogP contribution in [0.3, 0.4) is 0 Å². The van der Waals surface area contributed by atoms with Crippen molar-refractivity contribution in [2.75, 3.05) is 13.2 Å². The number of H-pyrrole nitrogens is 1. The fourth-order valence-corrected chi connectivity index (χ4v) is 3.47. The van der Waals surface area contributed by atoms with Crippen LogP contribution in [0.15, 0.2) is 10.6 Å². The first-order valence-electron chi connectivity index (χ1n) is 8.07. The first-order chi connectivity index (χ1) is 11.2. The van der Waals surface area contributed by atoms with Crippen molar-refractivity contribution >= 4 is 5.91 Å². The van der Waals surface area contributed by atoms with Gasteiger partial charge in [-0.3, -0.25) is 9.89 Å². The number of aromatic amines is 1. The van der Waals surface area contributed by atoms with E-state index in [0.717, 1.165) is 42.0 Å². The van der Waals surface area contributed by atoms with Crippen molar-refractivity contribution in [3.05, 3.63) is 34.5 Å². The molecule has 2 N–H and O–H groups in total. The van der Waals surface area contributed by atoms with E-state index in [0.29, 0.717) is 25.3 Å². The van der Waals surface area contributed by atoms with Crippen molar-refractivity contribution in [3.8, 4) is 0 Å². The summed E-state index contributed by atoms with van der Waals surface area (Å²) in [6, 6.07) is 1.90. The molecule has 23 heavy (non-hydrogen) atoms. The van der Waals surface area contributed by atoms with Crippen LogP contribution in [0.1, 0.15) is 39.6 Å². The van der Waals surface area contributed by atoms with Crippen molar-refractivity contribution in [2.24, 2.45) is 5.92 Å². The molecule has 1 fully saturated rings. The predicted octanol–water partition coefficient (Wildman–Crippen LogP) is 1.18. The second kappa shape index (κ2) is 5.81. The summed E-state index contributed by atoms with van der Waals surface area (Å²) in [5.41, 5.74) is 3.58. The molecular weight excluding hydrogens is 296 g/mol. The molecule has 0 aromatic carbocycles. The molecule has 2 aromatic rings. The zero-order valence-electron chi connectivity index (χ0n) is 13.1. The van der Waals surface area contributed by atoms with Gasteiger partial charge in [-0.15, -0.1) is 0 Å². The maximum atomic E-state index is 12.5. The van der Waals surface area contributed by atoms with Crippen LogP contribution in [0.4, 0.5) is 0 Å². The van der Waals surface area contributed by atoms with Crippen LogP contribution in [0.2, 0.25) is 0 Å². The predicted molar refractivity (Wildman–Crippen MR) is 81.1 cm³/mol. The quantitative estimate of drug-likeness (QED) is 0.883. The monoisotopic (exact) mass is 316 g/mol. The van der Waals surface area contributed by atoms with Gasteiger partial charge in [-0.2, -0.15) is 5.10 Å². The van der Waals surface area contributed by atoms with Gasteiger partial charge in [0, 0.05) is 29.7 Å². The molecule has 0 bridgehead atoms. The van der Waals surface area contributed by atoms with Gasteiger partial charge in [0.2, 0.25) is 0 Å². The molecule has 3 heterocycles. The molecule has 4 rings (SSSR count). The first-order valence-corrected chi connectivity index (χ1v) is 8.07. The Bertz CT molecular complexity index is 721. The highest BCUT2D eigenvalue weighted by Crippen LogP contribution is 2.24. The van der Waals surface area contributed by atoms with Crippen LogP contribution < -0.4 is 5.32 Å². The molecule has 0 spiro atoms. The molecule has 0 saturated carbocycles. The summed E-state index contributed by atoms with van der Waals surface area (Å²) >= 11 is 0. The maximum absolute atomic E-state index is 12.5. The molecule has 1 amide bonds. The average molecular weight is 316 g/mol. The van der Waals surface area contributed by atoms with Gasteiger partial charge >= 0.3 is 0 Å². The van der Waals surface area contributed by atoms with Crippen LogP contribution >= 0.6 is 0 Å². The number of hydrogen-bond donors (Lipinski definition) is 2. The second-order valence-corrected chi connectivity index (χ2v) is 6.40. The van der Waals surface area contributed by atoms with Gasteiger partial charge < -0.3 is 14.6 Å². The zero-order valence-corrected chi connectivity index (χ0v) is 13.1. The number of aromatic nitrogens is 3. The number of rotatable bonds is 4. The summed E-state index contributed by atoms with van der Waals surface area (Å²) in [7, 11) is 0. The van der Waals surface area contributed by atoms with E-state index < -0.39 is 0 Å². The summed E-state index contributed by atoms with van der Waals surface area (Å²) in [5, 5.41) is 14.2. The summed E-state index contributed by atoms with van der Waals surface area (Å²) in [6.45, 7) is 3.04. The van der Waals surface area contributed by atoms with Crippen LogP contribution in [0, 0.1) is 12.8 Å². The minimum absolute atomic E-state index is 0.0262. The lowest BCUT2D eigenvalue weighted by Crippen LogP contribution is -2.41. The Kier molecular flexibility index (Phi) is 3.65. The number of hydrogen-bond acceptors (Lipinski definition) is 5. The molecule has 2 unspecified atom stereocenters. The Balaban J connectivity index is 1.43. The fourth-order valence-electron chi connectivity index (χ4n) is 3.47. The van der Waals surface area contributed by atoms with Crippen molar-refractivity contribution in [1.29, 1.82) is 0 Å². The smallest absolute Gasteiger partial charge is 0.272 e. The van der Waals surface area contributed by atoms with Gasteiger partial charge in [0.1, 0.15) is 5.76 Å². The van der Waals surface area contributed by atoms with E-state index in [1.165, 1.54) is 0 Å². The Morgan fingerprint density at radius 1 is 1.43 bits per heavy atom. The van der Waals surface area contributed by atoms with E-state index >= 15 is 0 Å². The summed E-state index contributed by atoms with van der Waals surface area (Å²) in [6.07, 6.45) is 3.71. The third-order valence-corrected chi connectivity index (χ3v) is 4.68. The lowest BCUT2D eigenvalue weighted by atomic mass is 9.98. The number of carbonyl (C=O) groups is 1. The molecular formula is C16H20N4O3. The Hall–Kier alpha value is -2.15. The van der Waals surface area contributed by atoms with E-state index in [1.807, 2.05) is 13.0 Å². The molecule has 2 aliphatic rings. The fraction of sp³-hybridized carbons (Fsp3) is 0.562. The van der Waals surface area contributed by atoms with Crippen molar-refractivity contribution < 1.29 is 14.1 Å². The van der Waals surface area contributed by atoms with E-state index in [9.17, 15) is 4.79 Å². The molecule has 7 heteroatoms. The number of nitrogens with zero attached hydrogens (tertiary/aromatic N) is 2. The molecule has 1 aliphatic carbocycles. The van der Waals surface area contributed by atoms with Crippen molar-refractivity contribution in [2.45, 2.75) is 38.6 Å². The lowest BCUT2D eigenvalue weighted by molar-refractivity contribution is 0.0918. The minimum Gasteiger partial charge on any atom is -0.379 e. The lowest BCUT2D eigenvalue weighted by Gasteiger charge is -2.17. The van der Waals surface area contributed by atoms with Gasteiger partial charge in [0.05, 0.1) is 24.9 Å². The molecule has 2 atom stereocenters. The number of nitrogens with one attached hydrogen (secondary N) is 2. The van der Waals surface area contributed by atoms with E-state index in [2.05, 4.69) is 20.7 Å². The molecule has 0 radical (unpaired) electrons. The van der Waals surface area contributed by atoms with Crippen molar-refractivity contribution in [1.82, 2.24) is 20.7 Å². The van der Waals surface area contributed by atoms with Crippen LogP contribution in [0.5, 0.6) is 0 Å². The molecule has 1 aliphatic heterocycles. The normalized spacial score (nSPS) is 23.2. The van der Waals surface area contributed by atoms with Crippen LogP contribution in [0.25, 0.3) is 0 Å². The largest absolute Gasteiger partial charge is 0.379 e. The van der Waals surface area contributed by atoms with E-state index in [-0.39, 0.29) is 17.9 Å². The highest BCUT2D eigenvalue weighted by Gasteiger charge is 2.32. The number of aryl methyl sites for hydroxylation is 2. The van der Waals surface area contributed by atoms with Crippen LogP contribution in [-0.4, -0.2) is 40.5 Å². The Morgan fingerprint density at radius 2 is 2.35 bits per heavy atom.